The Morgan fingerprint density at radius 1 is 1.21 bits per heavy atom. The summed E-state index contributed by atoms with van der Waals surface area (Å²) in [6.07, 6.45) is 5.49. The zero-order valence-corrected chi connectivity index (χ0v) is 13.3. The lowest BCUT2D eigenvalue weighted by molar-refractivity contribution is -0.183. The molecule has 0 amide bonds. The van der Waals surface area contributed by atoms with E-state index in [0.29, 0.717) is 13.2 Å². The predicted molar refractivity (Wildman–Crippen MR) is 77.0 cm³/mol. The lowest BCUT2D eigenvalue weighted by Crippen LogP contribution is -2.47. The Morgan fingerprint density at radius 3 is 2.26 bits per heavy atom. The van der Waals surface area contributed by atoms with Gasteiger partial charge in [0.15, 0.2) is 0 Å². The van der Waals surface area contributed by atoms with Gasteiger partial charge < -0.3 is 9.47 Å². The third kappa shape index (κ3) is 4.48. The molecule has 1 rings (SSSR count). The first-order valence-electron chi connectivity index (χ1n) is 7.63. The Morgan fingerprint density at radius 2 is 1.79 bits per heavy atom. The standard InChI is InChI=1S/C16H30O3/c1-6-18-12-13(2)16(10-8-7-9-11-16)19-14(17)15(3,4)5/h13H,6-12H2,1-5H3. The fourth-order valence-electron chi connectivity index (χ4n) is 2.63. The van der Waals surface area contributed by atoms with E-state index in [0.717, 1.165) is 25.7 Å². The number of hydrogen-bond acceptors (Lipinski definition) is 3. The van der Waals surface area contributed by atoms with Crippen molar-refractivity contribution in [2.75, 3.05) is 13.2 Å². The summed E-state index contributed by atoms with van der Waals surface area (Å²) >= 11 is 0. The van der Waals surface area contributed by atoms with Gasteiger partial charge in [0.25, 0.3) is 0 Å². The molecule has 112 valence electrons. The second-order valence-electron chi connectivity index (χ2n) is 6.83. The average Bonchev–Trinajstić information content (AvgIpc) is 2.35. The van der Waals surface area contributed by atoms with Gasteiger partial charge in [-0.05, 0) is 53.4 Å². The molecule has 1 aliphatic carbocycles. The molecular formula is C16H30O3. The van der Waals surface area contributed by atoms with Gasteiger partial charge in [0, 0.05) is 12.5 Å². The normalized spacial score (nSPS) is 20.9. The molecular weight excluding hydrogens is 240 g/mol. The highest BCUT2D eigenvalue weighted by atomic mass is 16.6. The molecule has 1 aliphatic rings. The molecule has 1 atom stereocenters. The molecule has 0 heterocycles. The summed E-state index contributed by atoms with van der Waals surface area (Å²) in [7, 11) is 0. The highest BCUT2D eigenvalue weighted by Gasteiger charge is 2.43. The third-order valence-corrected chi connectivity index (χ3v) is 4.08. The molecule has 1 fully saturated rings. The first-order chi connectivity index (χ1) is 8.82. The van der Waals surface area contributed by atoms with Crippen LogP contribution in [-0.2, 0) is 14.3 Å². The van der Waals surface area contributed by atoms with Crippen molar-refractivity contribution in [1.82, 2.24) is 0 Å². The van der Waals surface area contributed by atoms with Gasteiger partial charge >= 0.3 is 5.97 Å². The maximum absolute atomic E-state index is 12.3. The van der Waals surface area contributed by atoms with Crippen molar-refractivity contribution in [2.24, 2.45) is 11.3 Å². The molecule has 0 aliphatic heterocycles. The van der Waals surface area contributed by atoms with Crippen LogP contribution in [0.1, 0.15) is 66.7 Å². The second kappa shape index (κ2) is 6.74. The van der Waals surface area contributed by atoms with Crippen LogP contribution < -0.4 is 0 Å². The van der Waals surface area contributed by atoms with E-state index in [1.165, 1.54) is 6.42 Å². The molecule has 0 saturated heterocycles. The Hall–Kier alpha value is -0.570. The summed E-state index contributed by atoms with van der Waals surface area (Å²) in [4.78, 5) is 12.3. The molecule has 3 heteroatoms. The third-order valence-electron chi connectivity index (χ3n) is 4.08. The molecule has 0 radical (unpaired) electrons. The van der Waals surface area contributed by atoms with E-state index in [-0.39, 0.29) is 17.5 Å². The number of ether oxygens (including phenoxy) is 2. The van der Waals surface area contributed by atoms with Gasteiger partial charge in [-0.2, -0.15) is 0 Å². The monoisotopic (exact) mass is 270 g/mol. The summed E-state index contributed by atoms with van der Waals surface area (Å²) in [6.45, 7) is 11.3. The minimum atomic E-state index is -0.435. The maximum Gasteiger partial charge on any atom is 0.311 e. The minimum Gasteiger partial charge on any atom is -0.458 e. The highest BCUT2D eigenvalue weighted by Crippen LogP contribution is 2.39. The number of carbonyl (C=O) groups is 1. The zero-order valence-electron chi connectivity index (χ0n) is 13.3. The van der Waals surface area contributed by atoms with Crippen LogP contribution in [0.2, 0.25) is 0 Å². The van der Waals surface area contributed by atoms with Crippen molar-refractivity contribution in [3.8, 4) is 0 Å². The molecule has 3 nitrogen and oxygen atoms in total. The first-order valence-corrected chi connectivity index (χ1v) is 7.63. The van der Waals surface area contributed by atoms with Crippen LogP contribution in [0, 0.1) is 11.3 Å². The minimum absolute atomic E-state index is 0.0854. The van der Waals surface area contributed by atoms with Gasteiger partial charge in [0.1, 0.15) is 5.60 Å². The summed E-state index contributed by atoms with van der Waals surface area (Å²) in [6, 6.07) is 0. The van der Waals surface area contributed by atoms with Crippen LogP contribution in [0.3, 0.4) is 0 Å². The summed E-state index contributed by atoms with van der Waals surface area (Å²) in [5, 5.41) is 0. The highest BCUT2D eigenvalue weighted by molar-refractivity contribution is 5.75. The van der Waals surface area contributed by atoms with Crippen molar-refractivity contribution in [2.45, 2.75) is 72.3 Å². The van der Waals surface area contributed by atoms with Crippen molar-refractivity contribution in [3.05, 3.63) is 0 Å². The number of carbonyl (C=O) groups excluding carboxylic acids is 1. The molecule has 0 aromatic carbocycles. The smallest absolute Gasteiger partial charge is 0.311 e. The number of hydrogen-bond donors (Lipinski definition) is 0. The fraction of sp³-hybridized carbons (Fsp3) is 0.938. The molecule has 1 unspecified atom stereocenters. The second-order valence-corrected chi connectivity index (χ2v) is 6.83. The fourth-order valence-corrected chi connectivity index (χ4v) is 2.63. The molecule has 0 N–H and O–H groups in total. The van der Waals surface area contributed by atoms with E-state index in [1.54, 1.807) is 0 Å². The van der Waals surface area contributed by atoms with E-state index in [1.807, 2.05) is 27.7 Å². The summed E-state index contributed by atoms with van der Waals surface area (Å²) in [5.74, 6) is 0.178. The predicted octanol–water partition coefficient (Wildman–Crippen LogP) is 3.95. The van der Waals surface area contributed by atoms with E-state index in [4.69, 9.17) is 9.47 Å². The molecule has 0 bridgehead atoms. The molecule has 0 aromatic heterocycles. The lowest BCUT2D eigenvalue weighted by atomic mass is 9.76. The lowest BCUT2D eigenvalue weighted by Gasteiger charge is -2.42. The number of esters is 1. The number of rotatable bonds is 5. The van der Waals surface area contributed by atoms with E-state index in [9.17, 15) is 4.79 Å². The quantitative estimate of drug-likeness (QED) is 0.710. The van der Waals surface area contributed by atoms with Crippen LogP contribution in [0.25, 0.3) is 0 Å². The topological polar surface area (TPSA) is 35.5 Å². The molecule has 1 saturated carbocycles. The summed E-state index contributed by atoms with van der Waals surface area (Å²) < 4.78 is 11.5. The molecule has 0 aromatic rings. The van der Waals surface area contributed by atoms with E-state index in [2.05, 4.69) is 6.92 Å². The van der Waals surface area contributed by atoms with Gasteiger partial charge in [0.05, 0.1) is 12.0 Å². The van der Waals surface area contributed by atoms with Crippen molar-refractivity contribution in [1.29, 1.82) is 0 Å². The van der Waals surface area contributed by atoms with Crippen molar-refractivity contribution in [3.63, 3.8) is 0 Å². The van der Waals surface area contributed by atoms with Crippen LogP contribution in [0.5, 0.6) is 0 Å². The Kier molecular flexibility index (Phi) is 5.84. The van der Waals surface area contributed by atoms with Gasteiger partial charge in [-0.1, -0.05) is 13.3 Å². The Balaban J connectivity index is 2.78. The Bertz CT molecular complexity index is 285. The largest absolute Gasteiger partial charge is 0.458 e. The van der Waals surface area contributed by atoms with Crippen LogP contribution in [0.4, 0.5) is 0 Å². The average molecular weight is 270 g/mol. The molecule has 0 spiro atoms. The maximum atomic E-state index is 12.3. The van der Waals surface area contributed by atoms with Crippen molar-refractivity contribution >= 4 is 5.97 Å². The SMILES string of the molecule is CCOCC(C)C1(OC(=O)C(C)(C)C)CCCCC1. The summed E-state index contributed by atoms with van der Waals surface area (Å²) in [5.41, 5.74) is -0.742. The van der Waals surface area contributed by atoms with Gasteiger partial charge in [0.2, 0.25) is 0 Å². The van der Waals surface area contributed by atoms with Crippen molar-refractivity contribution < 1.29 is 14.3 Å². The van der Waals surface area contributed by atoms with Gasteiger partial charge in [-0.3, -0.25) is 4.79 Å². The zero-order chi connectivity index (χ0) is 14.5. The van der Waals surface area contributed by atoms with Crippen LogP contribution >= 0.6 is 0 Å². The van der Waals surface area contributed by atoms with E-state index < -0.39 is 5.41 Å². The van der Waals surface area contributed by atoms with Gasteiger partial charge in [-0.15, -0.1) is 0 Å². The van der Waals surface area contributed by atoms with Crippen LogP contribution in [0.15, 0.2) is 0 Å². The van der Waals surface area contributed by atoms with E-state index >= 15 is 0 Å². The van der Waals surface area contributed by atoms with Crippen LogP contribution in [-0.4, -0.2) is 24.8 Å². The van der Waals surface area contributed by atoms with Gasteiger partial charge in [-0.25, -0.2) is 0 Å². The molecule has 19 heavy (non-hydrogen) atoms. The Labute approximate surface area is 118 Å². The first kappa shape index (κ1) is 16.5.